The van der Waals surface area contributed by atoms with Gasteiger partial charge in [0.05, 0.1) is 19.5 Å². The number of hydrogen-bond donors (Lipinski definition) is 1. The minimum absolute atomic E-state index is 0.0927. The number of piperidine rings is 1. The molecule has 0 radical (unpaired) electrons. The van der Waals surface area contributed by atoms with Crippen molar-refractivity contribution in [3.05, 3.63) is 18.7 Å². The van der Waals surface area contributed by atoms with Gasteiger partial charge in [-0.25, -0.2) is 4.98 Å². The number of amides is 1. The highest BCUT2D eigenvalue weighted by molar-refractivity contribution is 5.77. The Morgan fingerprint density at radius 2 is 2.25 bits per heavy atom. The van der Waals surface area contributed by atoms with Crippen LogP contribution in [0.5, 0.6) is 0 Å². The van der Waals surface area contributed by atoms with Gasteiger partial charge in [0.1, 0.15) is 0 Å². The van der Waals surface area contributed by atoms with Gasteiger partial charge in [-0.1, -0.05) is 0 Å². The van der Waals surface area contributed by atoms with E-state index in [-0.39, 0.29) is 5.91 Å². The number of aromatic nitrogens is 2. The van der Waals surface area contributed by atoms with Crippen molar-refractivity contribution >= 4 is 5.91 Å². The fraction of sp³-hybridized carbons (Fsp3) is 0.714. The van der Waals surface area contributed by atoms with Crippen molar-refractivity contribution in [3.63, 3.8) is 0 Å². The standard InChI is InChI=1S/C14H24N4O2/c1-20-9-5-16-14(19)11-17-6-2-13(3-7-17)10-18-8-4-15-12-18/h4,8,12-13H,2-3,5-7,9-11H2,1H3,(H,16,19). The van der Waals surface area contributed by atoms with Gasteiger partial charge in [-0.2, -0.15) is 0 Å². The fourth-order valence-electron chi connectivity index (χ4n) is 2.57. The van der Waals surface area contributed by atoms with E-state index < -0.39 is 0 Å². The highest BCUT2D eigenvalue weighted by Crippen LogP contribution is 2.18. The average molecular weight is 280 g/mol. The lowest BCUT2D eigenvalue weighted by molar-refractivity contribution is -0.122. The SMILES string of the molecule is COCCNC(=O)CN1CCC(Cn2ccnc2)CC1. The van der Waals surface area contributed by atoms with E-state index in [2.05, 4.69) is 19.8 Å². The summed E-state index contributed by atoms with van der Waals surface area (Å²) in [5, 5.41) is 2.86. The molecule has 1 fully saturated rings. The molecule has 1 aliphatic rings. The van der Waals surface area contributed by atoms with E-state index in [4.69, 9.17) is 4.74 Å². The summed E-state index contributed by atoms with van der Waals surface area (Å²) in [5.74, 6) is 0.784. The van der Waals surface area contributed by atoms with Crippen molar-refractivity contribution in [2.45, 2.75) is 19.4 Å². The first-order valence-corrected chi connectivity index (χ1v) is 7.21. The molecule has 0 spiro atoms. The fourth-order valence-corrected chi connectivity index (χ4v) is 2.57. The Bertz CT molecular complexity index is 386. The highest BCUT2D eigenvalue weighted by Gasteiger charge is 2.20. The number of nitrogens with zero attached hydrogens (tertiary/aromatic N) is 3. The number of nitrogens with one attached hydrogen (secondary N) is 1. The number of likely N-dealkylation sites (tertiary alicyclic amines) is 1. The second-order valence-corrected chi connectivity index (χ2v) is 5.32. The quantitative estimate of drug-likeness (QED) is 0.733. The molecule has 1 aromatic rings. The first-order chi connectivity index (χ1) is 9.78. The van der Waals surface area contributed by atoms with Gasteiger partial charge in [0.2, 0.25) is 5.91 Å². The van der Waals surface area contributed by atoms with E-state index in [0.717, 1.165) is 32.5 Å². The van der Waals surface area contributed by atoms with E-state index in [9.17, 15) is 4.79 Å². The first kappa shape index (κ1) is 15.0. The Balaban J connectivity index is 1.62. The third kappa shape index (κ3) is 4.94. The maximum atomic E-state index is 11.7. The number of imidazole rings is 1. The first-order valence-electron chi connectivity index (χ1n) is 7.21. The summed E-state index contributed by atoms with van der Waals surface area (Å²) in [7, 11) is 1.64. The van der Waals surface area contributed by atoms with Gasteiger partial charge in [-0.15, -0.1) is 0 Å². The number of rotatable bonds is 7. The van der Waals surface area contributed by atoms with Gasteiger partial charge in [0.15, 0.2) is 0 Å². The summed E-state index contributed by atoms with van der Waals surface area (Å²) in [4.78, 5) is 18.0. The molecule has 6 heteroatoms. The molecule has 0 unspecified atom stereocenters. The van der Waals surface area contributed by atoms with Crippen LogP contribution in [0.1, 0.15) is 12.8 Å². The van der Waals surface area contributed by atoms with Crippen molar-refractivity contribution in [1.82, 2.24) is 19.8 Å². The second-order valence-electron chi connectivity index (χ2n) is 5.32. The molecule has 20 heavy (non-hydrogen) atoms. The minimum Gasteiger partial charge on any atom is -0.383 e. The van der Waals surface area contributed by atoms with Crippen molar-refractivity contribution in [2.75, 3.05) is 39.9 Å². The van der Waals surface area contributed by atoms with Crippen LogP contribution >= 0.6 is 0 Å². The van der Waals surface area contributed by atoms with Crippen LogP contribution in [-0.4, -0.2) is 60.3 Å². The van der Waals surface area contributed by atoms with Crippen LogP contribution < -0.4 is 5.32 Å². The van der Waals surface area contributed by atoms with Gasteiger partial charge in [0, 0.05) is 32.6 Å². The number of carbonyl (C=O) groups excluding carboxylic acids is 1. The van der Waals surface area contributed by atoms with Gasteiger partial charge >= 0.3 is 0 Å². The molecule has 1 aliphatic heterocycles. The largest absolute Gasteiger partial charge is 0.383 e. The normalized spacial score (nSPS) is 17.2. The van der Waals surface area contributed by atoms with E-state index in [0.29, 0.717) is 25.6 Å². The molecule has 6 nitrogen and oxygen atoms in total. The topological polar surface area (TPSA) is 59.4 Å². The third-order valence-corrected chi connectivity index (χ3v) is 3.73. The average Bonchev–Trinajstić information content (AvgIpc) is 2.94. The Morgan fingerprint density at radius 3 is 2.90 bits per heavy atom. The molecule has 0 aliphatic carbocycles. The summed E-state index contributed by atoms with van der Waals surface area (Å²) in [6.45, 7) is 4.69. The number of carbonyl (C=O) groups is 1. The maximum absolute atomic E-state index is 11.7. The molecule has 0 bridgehead atoms. The zero-order valence-corrected chi connectivity index (χ0v) is 12.1. The molecule has 0 aromatic carbocycles. The minimum atomic E-state index is 0.0927. The zero-order chi connectivity index (χ0) is 14.2. The summed E-state index contributed by atoms with van der Waals surface area (Å²) >= 11 is 0. The van der Waals surface area contributed by atoms with E-state index >= 15 is 0 Å². The lowest BCUT2D eigenvalue weighted by atomic mass is 9.97. The van der Waals surface area contributed by atoms with Crippen LogP contribution in [0.15, 0.2) is 18.7 Å². The summed E-state index contributed by atoms with van der Waals surface area (Å²) in [6.07, 6.45) is 7.98. The summed E-state index contributed by atoms with van der Waals surface area (Å²) in [6, 6.07) is 0. The Labute approximate surface area is 120 Å². The Kier molecular flexibility index (Phi) is 6.01. The van der Waals surface area contributed by atoms with Crippen LogP contribution in [0.2, 0.25) is 0 Å². The van der Waals surface area contributed by atoms with Crippen molar-refractivity contribution < 1.29 is 9.53 Å². The van der Waals surface area contributed by atoms with Crippen molar-refractivity contribution in [1.29, 1.82) is 0 Å². The predicted molar refractivity (Wildman–Crippen MR) is 76.3 cm³/mol. The van der Waals surface area contributed by atoms with Gasteiger partial charge in [-0.05, 0) is 31.8 Å². The molecule has 112 valence electrons. The predicted octanol–water partition coefficient (Wildman–Crippen LogP) is 0.358. The van der Waals surface area contributed by atoms with E-state index in [1.165, 1.54) is 0 Å². The van der Waals surface area contributed by atoms with Gasteiger partial charge < -0.3 is 14.6 Å². The van der Waals surface area contributed by atoms with Gasteiger partial charge in [-0.3, -0.25) is 9.69 Å². The number of hydrogen-bond acceptors (Lipinski definition) is 4. The van der Waals surface area contributed by atoms with Crippen molar-refractivity contribution in [3.8, 4) is 0 Å². The van der Waals surface area contributed by atoms with Crippen LogP contribution in [0.4, 0.5) is 0 Å². The molecule has 0 saturated carbocycles. The monoisotopic (exact) mass is 280 g/mol. The van der Waals surface area contributed by atoms with Crippen LogP contribution in [-0.2, 0) is 16.1 Å². The van der Waals surface area contributed by atoms with E-state index in [1.54, 1.807) is 7.11 Å². The molecule has 2 rings (SSSR count). The summed E-state index contributed by atoms with van der Waals surface area (Å²) in [5.41, 5.74) is 0. The van der Waals surface area contributed by atoms with Crippen molar-refractivity contribution in [2.24, 2.45) is 5.92 Å². The Morgan fingerprint density at radius 1 is 1.45 bits per heavy atom. The smallest absolute Gasteiger partial charge is 0.234 e. The van der Waals surface area contributed by atoms with Crippen LogP contribution in [0.3, 0.4) is 0 Å². The molecule has 1 saturated heterocycles. The molecular weight excluding hydrogens is 256 g/mol. The van der Waals surface area contributed by atoms with E-state index in [1.807, 2.05) is 18.7 Å². The Hall–Kier alpha value is -1.40. The maximum Gasteiger partial charge on any atom is 0.234 e. The van der Waals surface area contributed by atoms with Crippen LogP contribution in [0, 0.1) is 5.92 Å². The van der Waals surface area contributed by atoms with Crippen LogP contribution in [0.25, 0.3) is 0 Å². The summed E-state index contributed by atoms with van der Waals surface area (Å²) < 4.78 is 7.05. The second kappa shape index (κ2) is 8.01. The third-order valence-electron chi connectivity index (χ3n) is 3.73. The molecule has 1 amide bonds. The number of ether oxygens (including phenoxy) is 1. The molecule has 1 aromatic heterocycles. The zero-order valence-electron chi connectivity index (χ0n) is 12.1. The number of methoxy groups -OCH3 is 1. The molecule has 0 atom stereocenters. The lowest BCUT2D eigenvalue weighted by Gasteiger charge is -2.31. The molecule has 1 N–H and O–H groups in total. The molecule has 2 heterocycles. The van der Waals surface area contributed by atoms with Gasteiger partial charge in [0.25, 0.3) is 0 Å². The highest BCUT2D eigenvalue weighted by atomic mass is 16.5. The lowest BCUT2D eigenvalue weighted by Crippen LogP contribution is -2.42. The molecular formula is C14H24N4O2.